The highest BCUT2D eigenvalue weighted by Gasteiger charge is 2.34. The maximum atomic E-state index is 14.9. The summed E-state index contributed by atoms with van der Waals surface area (Å²) in [5.41, 5.74) is 3.48. The molecule has 2 aromatic heterocycles. The number of nitrogens with one attached hydrogen (secondary N) is 2. The number of piperazine rings is 1. The molecule has 48 heavy (non-hydrogen) atoms. The molecule has 2 amide bonds. The zero-order valence-corrected chi connectivity index (χ0v) is 27.2. The number of nitriles is 1. The summed E-state index contributed by atoms with van der Waals surface area (Å²) < 4.78 is 21.7. The number of piperidine rings is 1. The monoisotopic (exact) mass is 674 g/mol. The van der Waals surface area contributed by atoms with Gasteiger partial charge in [-0.05, 0) is 62.1 Å². The van der Waals surface area contributed by atoms with Crippen molar-refractivity contribution in [1.82, 2.24) is 29.5 Å². The first kappa shape index (κ1) is 33.1. The minimum atomic E-state index is -0.766. The Morgan fingerprint density at radius 1 is 1.21 bits per heavy atom. The highest BCUT2D eigenvalue weighted by molar-refractivity contribution is 6.33. The molecule has 1 atom stereocenters. The van der Waals surface area contributed by atoms with Gasteiger partial charge in [-0.2, -0.15) is 5.26 Å². The molecule has 2 aromatic carbocycles. The average molecular weight is 675 g/mol. The molecule has 2 saturated heterocycles. The van der Waals surface area contributed by atoms with Crippen molar-refractivity contribution in [3.05, 3.63) is 70.9 Å². The molecule has 6 rings (SSSR count). The first-order chi connectivity index (χ1) is 23.3. The maximum Gasteiger partial charge on any atom is 0.254 e. The van der Waals surface area contributed by atoms with Crippen LogP contribution in [0.2, 0.25) is 5.02 Å². The Morgan fingerprint density at radius 2 is 2.02 bits per heavy atom. The van der Waals surface area contributed by atoms with Gasteiger partial charge in [-0.25, -0.2) is 14.4 Å². The van der Waals surface area contributed by atoms with Gasteiger partial charge in [0.2, 0.25) is 5.91 Å². The first-order valence-electron chi connectivity index (χ1n) is 15.9. The number of aliphatic hydroxyl groups is 1. The number of hydrogen-bond acceptors (Lipinski definition) is 9. The van der Waals surface area contributed by atoms with Gasteiger partial charge in [0.05, 0.1) is 16.9 Å². The van der Waals surface area contributed by atoms with E-state index in [0.29, 0.717) is 79.4 Å². The Hall–Kier alpha value is -4.77. The van der Waals surface area contributed by atoms with Crippen LogP contribution in [-0.2, 0) is 4.79 Å². The van der Waals surface area contributed by atoms with Crippen LogP contribution in [0.5, 0.6) is 5.75 Å². The van der Waals surface area contributed by atoms with Gasteiger partial charge in [0, 0.05) is 80.5 Å². The molecule has 2 aliphatic rings. The SMILES string of the molecule is Cc1cc(Nc2nccn3c(-c4ccc(OCC#N)c(F)c4Cl)cnc23)ccc1C(=O)N1CCC(C(=O)N2CCNCC2CCO)CC1. The lowest BCUT2D eigenvalue weighted by atomic mass is 9.93. The third kappa shape index (κ3) is 6.64. The van der Waals surface area contributed by atoms with E-state index in [1.165, 1.54) is 6.07 Å². The number of fused-ring (bicyclic) bond motifs is 1. The number of anilines is 2. The van der Waals surface area contributed by atoms with Crippen LogP contribution in [0.15, 0.2) is 48.9 Å². The summed E-state index contributed by atoms with van der Waals surface area (Å²) >= 11 is 6.35. The van der Waals surface area contributed by atoms with Gasteiger partial charge in [-0.3, -0.25) is 14.0 Å². The molecule has 2 aliphatic heterocycles. The van der Waals surface area contributed by atoms with Crippen LogP contribution in [0.4, 0.5) is 15.9 Å². The van der Waals surface area contributed by atoms with Gasteiger partial charge in [-0.1, -0.05) is 11.6 Å². The first-order valence-corrected chi connectivity index (χ1v) is 16.3. The van der Waals surface area contributed by atoms with E-state index in [0.717, 1.165) is 12.1 Å². The number of amides is 2. The van der Waals surface area contributed by atoms with Crippen LogP contribution in [0.3, 0.4) is 0 Å². The summed E-state index contributed by atoms with van der Waals surface area (Å²) in [4.78, 5) is 39.5. The molecule has 0 saturated carbocycles. The summed E-state index contributed by atoms with van der Waals surface area (Å²) in [7, 11) is 0. The molecular formula is C34H36ClFN8O4. The normalized spacial score (nSPS) is 16.9. The fourth-order valence-corrected chi connectivity index (χ4v) is 6.72. The van der Waals surface area contributed by atoms with Crippen molar-refractivity contribution in [3.63, 3.8) is 0 Å². The summed E-state index contributed by atoms with van der Waals surface area (Å²) in [5, 5.41) is 24.6. The number of halogens is 2. The molecule has 14 heteroatoms. The van der Waals surface area contributed by atoms with E-state index in [1.807, 2.05) is 28.9 Å². The number of benzene rings is 2. The van der Waals surface area contributed by atoms with E-state index >= 15 is 0 Å². The number of imidazole rings is 1. The van der Waals surface area contributed by atoms with Crippen LogP contribution in [0.1, 0.15) is 35.2 Å². The van der Waals surface area contributed by atoms with Crippen LogP contribution in [0.25, 0.3) is 16.9 Å². The van der Waals surface area contributed by atoms with Crippen molar-refractivity contribution in [2.75, 3.05) is 51.3 Å². The molecule has 4 heterocycles. The van der Waals surface area contributed by atoms with Crippen molar-refractivity contribution < 1.29 is 23.8 Å². The van der Waals surface area contributed by atoms with Gasteiger partial charge >= 0.3 is 0 Å². The topological polar surface area (TPSA) is 148 Å². The van der Waals surface area contributed by atoms with Gasteiger partial charge in [0.15, 0.2) is 29.6 Å². The standard InChI is InChI=1S/C34H36ClFN8O4/c1-21-18-23(2-3-25(21)34(47)42-12-6-22(7-13-42)33(46)43-14-10-38-19-24(43)8-16-45)41-31-32-40-20-27(44(32)15-11-39-31)26-4-5-28(48-17-9-37)30(36)29(26)35/h2-5,11,15,18,20,22,24,38,45H,6-8,10,12-14,16-17,19H2,1H3,(H,39,41). The quantitative estimate of drug-likeness (QED) is 0.238. The lowest BCUT2D eigenvalue weighted by Crippen LogP contribution is -2.56. The van der Waals surface area contributed by atoms with Crippen molar-refractivity contribution in [3.8, 4) is 23.1 Å². The van der Waals surface area contributed by atoms with Gasteiger partial charge in [0.25, 0.3) is 5.91 Å². The van der Waals surface area contributed by atoms with Crippen molar-refractivity contribution in [2.45, 2.75) is 32.2 Å². The molecular weight excluding hydrogens is 639 g/mol. The van der Waals surface area contributed by atoms with Gasteiger partial charge in [0.1, 0.15) is 6.07 Å². The molecule has 4 aromatic rings. The Balaban J connectivity index is 1.13. The van der Waals surface area contributed by atoms with Crippen LogP contribution >= 0.6 is 11.6 Å². The summed E-state index contributed by atoms with van der Waals surface area (Å²) in [6.45, 7) is 4.70. The number of likely N-dealkylation sites (tertiary alicyclic amines) is 1. The van der Waals surface area contributed by atoms with E-state index in [4.69, 9.17) is 21.6 Å². The molecule has 0 radical (unpaired) electrons. The number of nitrogens with zero attached hydrogens (tertiary/aromatic N) is 6. The van der Waals surface area contributed by atoms with Gasteiger partial charge < -0.3 is 30.3 Å². The predicted molar refractivity (Wildman–Crippen MR) is 178 cm³/mol. The van der Waals surface area contributed by atoms with Crippen LogP contribution in [-0.4, -0.2) is 93.1 Å². The van der Waals surface area contributed by atoms with Crippen LogP contribution < -0.4 is 15.4 Å². The Bertz CT molecular complexity index is 1870. The molecule has 1 unspecified atom stereocenters. The highest BCUT2D eigenvalue weighted by Crippen LogP contribution is 2.36. The number of aryl methyl sites for hydroxylation is 1. The number of hydrogen-bond donors (Lipinski definition) is 3. The average Bonchev–Trinajstić information content (AvgIpc) is 3.54. The third-order valence-corrected chi connectivity index (χ3v) is 9.36. The van der Waals surface area contributed by atoms with Crippen molar-refractivity contribution in [1.29, 1.82) is 5.26 Å². The number of aromatic nitrogens is 3. The number of carbonyl (C=O) groups excluding carboxylic acids is 2. The summed E-state index contributed by atoms with van der Waals surface area (Å²) in [5.74, 6) is -0.507. The summed E-state index contributed by atoms with van der Waals surface area (Å²) in [6.07, 6.45) is 6.62. The van der Waals surface area contributed by atoms with E-state index < -0.39 is 5.82 Å². The number of carbonyl (C=O) groups is 2. The van der Waals surface area contributed by atoms with Crippen LogP contribution in [0, 0.1) is 30.0 Å². The smallest absolute Gasteiger partial charge is 0.254 e. The van der Waals surface area contributed by atoms with Crippen molar-refractivity contribution >= 4 is 40.6 Å². The lowest BCUT2D eigenvalue weighted by Gasteiger charge is -2.40. The lowest BCUT2D eigenvalue weighted by molar-refractivity contribution is -0.140. The highest BCUT2D eigenvalue weighted by atomic mass is 35.5. The minimum absolute atomic E-state index is 0.000677. The van der Waals surface area contributed by atoms with Crippen molar-refractivity contribution in [2.24, 2.45) is 5.92 Å². The zero-order valence-electron chi connectivity index (χ0n) is 26.5. The van der Waals surface area contributed by atoms with E-state index in [-0.39, 0.29) is 47.8 Å². The Morgan fingerprint density at radius 3 is 2.77 bits per heavy atom. The molecule has 2 fully saturated rings. The Labute approximate surface area is 282 Å². The zero-order chi connectivity index (χ0) is 33.8. The van der Waals surface area contributed by atoms with E-state index in [1.54, 1.807) is 41.2 Å². The Kier molecular flexibility index (Phi) is 10.0. The second kappa shape index (κ2) is 14.6. The fourth-order valence-electron chi connectivity index (χ4n) is 6.47. The largest absolute Gasteiger partial charge is 0.476 e. The molecule has 250 valence electrons. The molecule has 0 spiro atoms. The maximum absolute atomic E-state index is 14.9. The van der Waals surface area contributed by atoms with E-state index in [9.17, 15) is 19.1 Å². The van der Waals surface area contributed by atoms with Gasteiger partial charge in [-0.15, -0.1) is 0 Å². The third-order valence-electron chi connectivity index (χ3n) is 8.99. The number of rotatable bonds is 9. The second-order valence-corrected chi connectivity index (χ2v) is 12.3. The minimum Gasteiger partial charge on any atom is -0.476 e. The molecule has 3 N–H and O–H groups in total. The predicted octanol–water partition coefficient (Wildman–Crippen LogP) is 4.18. The van der Waals surface area contributed by atoms with E-state index in [2.05, 4.69) is 20.6 Å². The second-order valence-electron chi connectivity index (χ2n) is 11.9. The number of ether oxygens (including phenoxy) is 1. The fraction of sp³-hybridized carbons (Fsp3) is 0.382. The molecule has 0 bridgehead atoms. The summed E-state index contributed by atoms with van der Waals surface area (Å²) in [6, 6.07) is 10.3. The molecule has 0 aliphatic carbocycles. The number of aliphatic hydroxyl groups excluding tert-OH is 1. The molecule has 12 nitrogen and oxygen atoms in total.